The molecule has 1 atom stereocenters. The minimum absolute atomic E-state index is 0.000394. The summed E-state index contributed by atoms with van der Waals surface area (Å²) in [5, 5.41) is 3.42. The highest BCUT2D eigenvalue weighted by atomic mass is 32.2. The van der Waals surface area contributed by atoms with E-state index in [4.69, 9.17) is 0 Å². The van der Waals surface area contributed by atoms with E-state index in [1.807, 2.05) is 30.8 Å². The van der Waals surface area contributed by atoms with Crippen molar-refractivity contribution in [2.45, 2.75) is 37.2 Å². The fourth-order valence-corrected chi connectivity index (χ4v) is 2.82. The first-order valence-corrected chi connectivity index (χ1v) is 7.61. The number of benzene rings is 1. The van der Waals surface area contributed by atoms with E-state index in [-0.39, 0.29) is 11.8 Å². The predicted molar refractivity (Wildman–Crippen MR) is 75.0 cm³/mol. The highest BCUT2D eigenvalue weighted by molar-refractivity contribution is 8.00. The maximum atomic E-state index is 12.4. The van der Waals surface area contributed by atoms with Crippen molar-refractivity contribution in [2.75, 3.05) is 12.8 Å². The van der Waals surface area contributed by atoms with Crippen LogP contribution in [0.2, 0.25) is 0 Å². The van der Waals surface area contributed by atoms with Gasteiger partial charge in [-0.1, -0.05) is 18.2 Å². The lowest BCUT2D eigenvalue weighted by atomic mass is 10.1. The molecule has 106 valence electrons. The zero-order valence-electron chi connectivity index (χ0n) is 11.2. The summed E-state index contributed by atoms with van der Waals surface area (Å²) in [5.41, 5.74) is 0.778. The topological polar surface area (TPSA) is 21.3 Å². The van der Waals surface area contributed by atoms with Crippen LogP contribution in [0.25, 0.3) is 0 Å². The van der Waals surface area contributed by atoms with Gasteiger partial charge >= 0.3 is 6.61 Å². The average Bonchev–Trinajstić information content (AvgIpc) is 3.17. The number of hydrogen-bond donors (Lipinski definition) is 1. The molecule has 0 saturated heterocycles. The van der Waals surface area contributed by atoms with Gasteiger partial charge in [-0.2, -0.15) is 20.5 Å². The SMILES string of the molecule is CSC1(CNC(C)c2ccccc2OC(F)F)CC1. The van der Waals surface area contributed by atoms with E-state index >= 15 is 0 Å². The number of thioether (sulfide) groups is 1. The van der Waals surface area contributed by atoms with E-state index < -0.39 is 6.61 Å². The molecule has 1 unspecified atom stereocenters. The normalized spacial score (nSPS) is 18.4. The predicted octanol–water partition coefficient (Wildman–Crippen LogP) is 3.83. The Morgan fingerprint density at radius 2 is 2.05 bits per heavy atom. The second-order valence-electron chi connectivity index (χ2n) is 4.91. The summed E-state index contributed by atoms with van der Waals surface area (Å²) in [6.45, 7) is 0.0944. The van der Waals surface area contributed by atoms with Crippen LogP contribution >= 0.6 is 11.8 Å². The van der Waals surface area contributed by atoms with Crippen LogP contribution in [-0.2, 0) is 0 Å². The molecule has 0 amide bonds. The number of alkyl halides is 2. The first-order chi connectivity index (χ1) is 9.06. The molecule has 1 aromatic rings. The maximum absolute atomic E-state index is 12.4. The molecule has 0 bridgehead atoms. The Balaban J connectivity index is 1.99. The quantitative estimate of drug-likeness (QED) is 0.823. The Morgan fingerprint density at radius 1 is 1.37 bits per heavy atom. The summed E-state index contributed by atoms with van der Waals surface area (Å²) in [6.07, 6.45) is 4.57. The van der Waals surface area contributed by atoms with Gasteiger partial charge in [0.1, 0.15) is 5.75 Å². The number of hydrogen-bond acceptors (Lipinski definition) is 3. The van der Waals surface area contributed by atoms with E-state index in [1.54, 1.807) is 12.1 Å². The van der Waals surface area contributed by atoms with Crippen molar-refractivity contribution < 1.29 is 13.5 Å². The number of para-hydroxylation sites is 1. The monoisotopic (exact) mass is 287 g/mol. The van der Waals surface area contributed by atoms with Crippen molar-refractivity contribution in [2.24, 2.45) is 0 Å². The number of rotatable bonds is 7. The van der Waals surface area contributed by atoms with Gasteiger partial charge in [-0.3, -0.25) is 0 Å². The molecule has 1 fully saturated rings. The first kappa shape index (κ1) is 14.6. The van der Waals surface area contributed by atoms with Crippen molar-refractivity contribution in [3.63, 3.8) is 0 Å². The minimum Gasteiger partial charge on any atom is -0.434 e. The van der Waals surface area contributed by atoms with E-state index in [9.17, 15) is 8.78 Å². The standard InChI is InChI=1S/C14H19F2NOS/c1-10(17-9-14(19-2)7-8-14)11-5-3-4-6-12(11)18-13(15)16/h3-6,10,13,17H,7-9H2,1-2H3. The van der Waals surface area contributed by atoms with Crippen LogP contribution in [-0.4, -0.2) is 24.2 Å². The van der Waals surface area contributed by atoms with Gasteiger partial charge < -0.3 is 10.1 Å². The average molecular weight is 287 g/mol. The summed E-state index contributed by atoms with van der Waals surface area (Å²) in [6, 6.07) is 6.96. The van der Waals surface area contributed by atoms with Gasteiger partial charge in [0.25, 0.3) is 0 Å². The molecule has 1 aromatic carbocycles. The molecule has 1 saturated carbocycles. The van der Waals surface area contributed by atoms with Crippen LogP contribution < -0.4 is 10.1 Å². The van der Waals surface area contributed by atoms with Gasteiger partial charge in [-0.15, -0.1) is 0 Å². The highest BCUT2D eigenvalue weighted by Gasteiger charge is 2.41. The van der Waals surface area contributed by atoms with Crippen LogP contribution in [0.3, 0.4) is 0 Å². The fraction of sp³-hybridized carbons (Fsp3) is 0.571. The van der Waals surface area contributed by atoms with E-state index in [2.05, 4.69) is 16.3 Å². The summed E-state index contributed by atoms with van der Waals surface area (Å²) in [5.74, 6) is 0.256. The Hall–Kier alpha value is -0.810. The van der Waals surface area contributed by atoms with Gasteiger partial charge in [0.2, 0.25) is 0 Å². The van der Waals surface area contributed by atoms with Crippen molar-refractivity contribution in [1.82, 2.24) is 5.32 Å². The molecular weight excluding hydrogens is 268 g/mol. The minimum atomic E-state index is -2.78. The molecule has 2 nitrogen and oxygen atoms in total. The highest BCUT2D eigenvalue weighted by Crippen LogP contribution is 2.46. The first-order valence-electron chi connectivity index (χ1n) is 6.38. The smallest absolute Gasteiger partial charge is 0.387 e. The van der Waals surface area contributed by atoms with Crippen LogP contribution in [0.4, 0.5) is 8.78 Å². The molecular formula is C14H19F2NOS. The van der Waals surface area contributed by atoms with Crippen LogP contribution in [0.15, 0.2) is 24.3 Å². The summed E-state index contributed by atoms with van der Waals surface area (Å²) in [4.78, 5) is 0. The van der Waals surface area contributed by atoms with Crippen molar-refractivity contribution in [3.05, 3.63) is 29.8 Å². The van der Waals surface area contributed by atoms with Crippen molar-refractivity contribution in [1.29, 1.82) is 0 Å². The Kier molecular flexibility index (Phi) is 4.68. The third-order valence-corrected chi connectivity index (χ3v) is 4.99. The van der Waals surface area contributed by atoms with E-state index in [1.165, 1.54) is 12.8 Å². The van der Waals surface area contributed by atoms with Gasteiger partial charge in [0.15, 0.2) is 0 Å². The third-order valence-electron chi connectivity index (χ3n) is 3.57. The second kappa shape index (κ2) is 6.09. The molecule has 1 N–H and O–H groups in total. The zero-order valence-corrected chi connectivity index (χ0v) is 12.0. The third kappa shape index (κ3) is 3.83. The zero-order chi connectivity index (χ0) is 13.9. The molecule has 0 heterocycles. The lowest BCUT2D eigenvalue weighted by molar-refractivity contribution is -0.0506. The van der Waals surface area contributed by atoms with E-state index in [0.717, 1.165) is 12.1 Å². The molecule has 0 aliphatic heterocycles. The number of halogens is 2. The molecule has 0 aromatic heterocycles. The molecule has 19 heavy (non-hydrogen) atoms. The molecule has 1 aliphatic rings. The molecule has 5 heteroatoms. The van der Waals surface area contributed by atoms with Gasteiger partial charge in [0.05, 0.1) is 0 Å². The van der Waals surface area contributed by atoms with Crippen LogP contribution in [0.1, 0.15) is 31.4 Å². The number of nitrogens with one attached hydrogen (secondary N) is 1. The molecule has 0 spiro atoms. The van der Waals surface area contributed by atoms with Crippen molar-refractivity contribution in [3.8, 4) is 5.75 Å². The van der Waals surface area contributed by atoms with Crippen LogP contribution in [0.5, 0.6) is 5.75 Å². The lowest BCUT2D eigenvalue weighted by Gasteiger charge is -2.21. The van der Waals surface area contributed by atoms with Gasteiger partial charge in [0, 0.05) is 22.9 Å². The van der Waals surface area contributed by atoms with Gasteiger partial charge in [-0.25, -0.2) is 0 Å². The summed E-state index contributed by atoms with van der Waals surface area (Å²) < 4.78 is 29.6. The molecule has 1 aliphatic carbocycles. The largest absolute Gasteiger partial charge is 0.434 e. The Morgan fingerprint density at radius 3 is 2.63 bits per heavy atom. The second-order valence-corrected chi connectivity index (χ2v) is 6.18. The maximum Gasteiger partial charge on any atom is 0.387 e. The molecule has 2 rings (SSSR count). The summed E-state index contributed by atoms with van der Waals surface area (Å²) in [7, 11) is 0. The molecule has 0 radical (unpaired) electrons. The van der Waals surface area contributed by atoms with Gasteiger partial charge in [-0.05, 0) is 32.1 Å². The van der Waals surface area contributed by atoms with E-state index in [0.29, 0.717) is 4.75 Å². The van der Waals surface area contributed by atoms with Crippen molar-refractivity contribution >= 4 is 11.8 Å². The fourth-order valence-electron chi connectivity index (χ4n) is 2.08. The Bertz CT molecular complexity index is 424. The number of ether oxygens (including phenoxy) is 1. The Labute approximate surface area is 116 Å². The lowest BCUT2D eigenvalue weighted by Crippen LogP contribution is -2.28. The van der Waals surface area contributed by atoms with Crippen LogP contribution in [0, 0.1) is 0 Å². The summed E-state index contributed by atoms with van der Waals surface area (Å²) >= 11 is 1.88.